The number of carbonyl (C=O) groups is 1. The van der Waals surface area contributed by atoms with Crippen molar-refractivity contribution in [3.8, 4) is 5.75 Å². The predicted molar refractivity (Wildman–Crippen MR) is 99.9 cm³/mol. The molecule has 1 aromatic rings. The van der Waals surface area contributed by atoms with Crippen LogP contribution in [0.2, 0.25) is 0 Å². The third-order valence-electron chi connectivity index (χ3n) is 4.07. The van der Waals surface area contributed by atoms with Crippen LogP contribution in [0.3, 0.4) is 0 Å². The molecule has 0 spiro atoms. The van der Waals surface area contributed by atoms with E-state index in [-0.39, 0.29) is 5.75 Å². The van der Waals surface area contributed by atoms with Gasteiger partial charge in [-0.3, -0.25) is 0 Å². The van der Waals surface area contributed by atoms with Crippen LogP contribution in [-0.4, -0.2) is 68.4 Å². The molecule has 0 atom stereocenters. The van der Waals surface area contributed by atoms with Gasteiger partial charge in [0.2, 0.25) is 10.0 Å². The van der Waals surface area contributed by atoms with Gasteiger partial charge in [-0.1, -0.05) is 12.1 Å². The number of sulfonamides is 1. The highest BCUT2D eigenvalue weighted by Crippen LogP contribution is 2.16. The Morgan fingerprint density at radius 1 is 1.15 bits per heavy atom. The van der Waals surface area contributed by atoms with E-state index in [0.29, 0.717) is 38.3 Å². The van der Waals surface area contributed by atoms with E-state index in [4.69, 9.17) is 9.47 Å². The first-order chi connectivity index (χ1) is 12.1. The van der Waals surface area contributed by atoms with Gasteiger partial charge in [-0.05, 0) is 44.9 Å². The van der Waals surface area contributed by atoms with Crippen LogP contribution < -0.4 is 4.74 Å². The lowest BCUT2D eigenvalue weighted by molar-refractivity contribution is 0.0192. The first-order valence-electron chi connectivity index (χ1n) is 8.69. The van der Waals surface area contributed by atoms with Crippen molar-refractivity contribution in [3.63, 3.8) is 0 Å². The SMILES string of the molecule is COc1cccc(CCS(=O)(=O)N2CCN(C(=O)OC(C)(C)C)CC2)c1. The molecule has 1 heterocycles. The highest BCUT2D eigenvalue weighted by Gasteiger charge is 2.30. The van der Waals surface area contributed by atoms with Crippen molar-refractivity contribution in [2.24, 2.45) is 0 Å². The zero-order valence-electron chi connectivity index (χ0n) is 15.9. The molecule has 1 fully saturated rings. The normalized spacial score (nSPS) is 16.4. The Kier molecular flexibility index (Phi) is 6.52. The number of hydrogen-bond acceptors (Lipinski definition) is 5. The summed E-state index contributed by atoms with van der Waals surface area (Å²) in [6.45, 7) is 6.69. The Bertz CT molecular complexity index is 719. The van der Waals surface area contributed by atoms with E-state index in [9.17, 15) is 13.2 Å². The van der Waals surface area contributed by atoms with E-state index in [2.05, 4.69) is 0 Å². The van der Waals surface area contributed by atoms with E-state index < -0.39 is 21.7 Å². The molecule has 1 aliphatic heterocycles. The van der Waals surface area contributed by atoms with Gasteiger partial charge in [0.15, 0.2) is 0 Å². The van der Waals surface area contributed by atoms with E-state index in [1.54, 1.807) is 12.0 Å². The van der Waals surface area contributed by atoms with E-state index >= 15 is 0 Å². The van der Waals surface area contributed by atoms with Crippen LogP contribution in [0.15, 0.2) is 24.3 Å². The highest BCUT2D eigenvalue weighted by atomic mass is 32.2. The summed E-state index contributed by atoms with van der Waals surface area (Å²) in [4.78, 5) is 13.6. The summed E-state index contributed by atoms with van der Waals surface area (Å²) in [6.07, 6.45) is 0.0251. The highest BCUT2D eigenvalue weighted by molar-refractivity contribution is 7.89. The van der Waals surface area contributed by atoms with Crippen molar-refractivity contribution >= 4 is 16.1 Å². The summed E-state index contributed by atoms with van der Waals surface area (Å²) in [5, 5.41) is 0. The summed E-state index contributed by atoms with van der Waals surface area (Å²) in [6, 6.07) is 7.41. The van der Waals surface area contributed by atoms with Crippen molar-refractivity contribution in [2.45, 2.75) is 32.8 Å². The number of methoxy groups -OCH3 is 1. The Morgan fingerprint density at radius 3 is 2.38 bits per heavy atom. The molecule has 2 rings (SSSR count). The lowest BCUT2D eigenvalue weighted by atomic mass is 10.2. The fraction of sp³-hybridized carbons (Fsp3) is 0.611. The molecule has 0 saturated carbocycles. The molecule has 0 bridgehead atoms. The third kappa shape index (κ3) is 5.88. The predicted octanol–water partition coefficient (Wildman–Crippen LogP) is 2.12. The van der Waals surface area contributed by atoms with Gasteiger partial charge in [0.1, 0.15) is 11.4 Å². The number of benzene rings is 1. The summed E-state index contributed by atoms with van der Waals surface area (Å²) in [5.41, 5.74) is 0.358. The molecule has 1 saturated heterocycles. The summed E-state index contributed by atoms with van der Waals surface area (Å²) in [5.74, 6) is 0.748. The molecule has 7 nitrogen and oxygen atoms in total. The number of ether oxygens (including phenoxy) is 2. The van der Waals surface area contributed by atoms with Crippen LogP contribution >= 0.6 is 0 Å². The van der Waals surface area contributed by atoms with Gasteiger partial charge in [0.25, 0.3) is 0 Å². The molecule has 1 aliphatic rings. The average molecular weight is 384 g/mol. The quantitative estimate of drug-likeness (QED) is 0.777. The lowest BCUT2D eigenvalue weighted by Gasteiger charge is -2.35. The maximum Gasteiger partial charge on any atom is 0.410 e. The van der Waals surface area contributed by atoms with Gasteiger partial charge in [-0.25, -0.2) is 13.2 Å². The molecule has 8 heteroatoms. The van der Waals surface area contributed by atoms with Gasteiger partial charge >= 0.3 is 6.09 Å². The average Bonchev–Trinajstić information content (AvgIpc) is 2.59. The fourth-order valence-electron chi connectivity index (χ4n) is 2.68. The second-order valence-corrected chi connectivity index (χ2v) is 9.37. The van der Waals surface area contributed by atoms with Crippen molar-refractivity contribution in [1.29, 1.82) is 0 Å². The molecule has 1 amide bonds. The Balaban J connectivity index is 1.88. The van der Waals surface area contributed by atoms with Crippen LogP contribution in [0.25, 0.3) is 0 Å². The molecule has 0 aliphatic carbocycles. The number of hydrogen-bond donors (Lipinski definition) is 0. The molecular weight excluding hydrogens is 356 g/mol. The Morgan fingerprint density at radius 2 is 1.81 bits per heavy atom. The van der Waals surface area contributed by atoms with Crippen molar-refractivity contribution in [1.82, 2.24) is 9.21 Å². The fourth-order valence-corrected chi connectivity index (χ4v) is 4.15. The van der Waals surface area contributed by atoms with Gasteiger partial charge in [-0.15, -0.1) is 0 Å². The zero-order chi connectivity index (χ0) is 19.4. The summed E-state index contributed by atoms with van der Waals surface area (Å²) < 4.78 is 37.1. The van der Waals surface area contributed by atoms with Crippen LogP contribution in [0.1, 0.15) is 26.3 Å². The smallest absolute Gasteiger partial charge is 0.410 e. The summed E-state index contributed by atoms with van der Waals surface area (Å²) >= 11 is 0. The molecule has 0 radical (unpaired) electrons. The number of piperazine rings is 1. The largest absolute Gasteiger partial charge is 0.497 e. The molecule has 0 unspecified atom stereocenters. The third-order valence-corrected chi connectivity index (χ3v) is 5.94. The monoisotopic (exact) mass is 384 g/mol. The van der Waals surface area contributed by atoms with Crippen LogP contribution in [0.4, 0.5) is 4.79 Å². The van der Waals surface area contributed by atoms with Gasteiger partial charge in [0.05, 0.1) is 12.9 Å². The van der Waals surface area contributed by atoms with Crippen molar-refractivity contribution in [2.75, 3.05) is 39.0 Å². The molecular formula is C18H28N2O5S. The first-order valence-corrected chi connectivity index (χ1v) is 10.3. The minimum Gasteiger partial charge on any atom is -0.497 e. The van der Waals surface area contributed by atoms with Crippen LogP contribution in [-0.2, 0) is 21.2 Å². The Labute approximate surface area is 155 Å². The maximum atomic E-state index is 12.6. The van der Waals surface area contributed by atoms with E-state index in [0.717, 1.165) is 5.56 Å². The Hall–Kier alpha value is -1.80. The molecule has 26 heavy (non-hydrogen) atoms. The molecule has 0 aromatic heterocycles. The van der Waals surface area contributed by atoms with E-state index in [1.165, 1.54) is 4.31 Å². The standard InChI is InChI=1S/C18H28N2O5S/c1-18(2,3)25-17(21)19-9-11-20(12-10-19)26(22,23)13-8-15-6-5-7-16(14-15)24-4/h5-7,14H,8-13H2,1-4H3. The number of nitrogens with zero attached hydrogens (tertiary/aromatic N) is 2. The van der Waals surface area contributed by atoms with Crippen LogP contribution in [0, 0.1) is 0 Å². The minimum absolute atomic E-state index is 0.0343. The van der Waals surface area contributed by atoms with Crippen molar-refractivity contribution < 1.29 is 22.7 Å². The van der Waals surface area contributed by atoms with Gasteiger partial charge in [-0.2, -0.15) is 4.31 Å². The molecule has 0 N–H and O–H groups in total. The van der Waals surface area contributed by atoms with Gasteiger partial charge in [0, 0.05) is 26.2 Å². The second kappa shape index (κ2) is 8.26. The van der Waals surface area contributed by atoms with Crippen LogP contribution in [0.5, 0.6) is 5.75 Å². The van der Waals surface area contributed by atoms with Crippen molar-refractivity contribution in [3.05, 3.63) is 29.8 Å². The number of amides is 1. The number of carbonyl (C=O) groups excluding carboxylic acids is 1. The maximum absolute atomic E-state index is 12.6. The lowest BCUT2D eigenvalue weighted by Crippen LogP contribution is -2.52. The van der Waals surface area contributed by atoms with E-state index in [1.807, 2.05) is 45.0 Å². The first kappa shape index (κ1) is 20.5. The number of rotatable bonds is 5. The molecule has 1 aromatic carbocycles. The molecule has 146 valence electrons. The zero-order valence-corrected chi connectivity index (χ0v) is 16.7. The van der Waals surface area contributed by atoms with Gasteiger partial charge < -0.3 is 14.4 Å². The number of aryl methyl sites for hydroxylation is 1. The topological polar surface area (TPSA) is 76.2 Å². The summed E-state index contributed by atoms with van der Waals surface area (Å²) in [7, 11) is -1.79. The minimum atomic E-state index is -3.37. The second-order valence-electron chi connectivity index (χ2n) is 7.28.